The number of hydrogen-bond donors (Lipinski definition) is 2. The molecule has 8 heteroatoms. The molecule has 0 atom stereocenters. The van der Waals surface area contributed by atoms with Crippen LogP contribution in [0, 0.1) is 0 Å². The lowest BCUT2D eigenvalue weighted by Gasteiger charge is -2.26. The summed E-state index contributed by atoms with van der Waals surface area (Å²) in [5, 5.41) is 12.2. The Kier molecular flexibility index (Phi) is 5.64. The van der Waals surface area contributed by atoms with Gasteiger partial charge < -0.3 is 20.1 Å². The van der Waals surface area contributed by atoms with Crippen molar-refractivity contribution in [3.63, 3.8) is 0 Å². The standard InChI is InChI=1S/C23H21N3O5/c1-26-11-10-19-17(12-26)21(16-4-2-3-5-18(16)25-19)23(30)31-13-20(27)24-15-8-6-14(7-9-15)22(28)29/h2-9H,10-13H2,1H3,(H,24,27)(H,28,29). The number of para-hydroxylation sites is 1. The van der Waals surface area contributed by atoms with Crippen LogP contribution in [0.2, 0.25) is 0 Å². The second kappa shape index (κ2) is 8.53. The third-order valence-corrected chi connectivity index (χ3v) is 5.19. The molecule has 0 bridgehead atoms. The number of carboxylic acids is 1. The van der Waals surface area contributed by atoms with Crippen molar-refractivity contribution in [1.29, 1.82) is 0 Å². The maximum absolute atomic E-state index is 13.0. The number of aromatic nitrogens is 1. The van der Waals surface area contributed by atoms with Crippen molar-refractivity contribution < 1.29 is 24.2 Å². The van der Waals surface area contributed by atoms with Crippen molar-refractivity contribution in [2.24, 2.45) is 0 Å². The fourth-order valence-corrected chi connectivity index (χ4v) is 3.65. The van der Waals surface area contributed by atoms with Crippen molar-refractivity contribution in [3.8, 4) is 0 Å². The monoisotopic (exact) mass is 419 g/mol. The molecule has 2 aromatic carbocycles. The molecule has 8 nitrogen and oxygen atoms in total. The van der Waals surface area contributed by atoms with Crippen LogP contribution in [0.15, 0.2) is 48.5 Å². The number of nitrogens with zero attached hydrogens (tertiary/aromatic N) is 2. The number of hydrogen-bond acceptors (Lipinski definition) is 6. The molecule has 0 spiro atoms. The van der Waals surface area contributed by atoms with Crippen LogP contribution >= 0.6 is 0 Å². The predicted octanol–water partition coefficient (Wildman–Crippen LogP) is 2.72. The molecule has 1 aromatic heterocycles. The Labute approximate surface area is 178 Å². The first-order chi connectivity index (χ1) is 14.9. The third kappa shape index (κ3) is 4.39. The Morgan fingerprint density at radius 3 is 2.61 bits per heavy atom. The summed E-state index contributed by atoms with van der Waals surface area (Å²) in [6, 6.07) is 13.1. The van der Waals surface area contributed by atoms with Gasteiger partial charge in [-0.15, -0.1) is 0 Å². The van der Waals surface area contributed by atoms with E-state index in [0.717, 1.165) is 29.7 Å². The number of ether oxygens (including phenoxy) is 1. The molecule has 31 heavy (non-hydrogen) atoms. The molecule has 0 saturated heterocycles. The van der Waals surface area contributed by atoms with Gasteiger partial charge in [-0.25, -0.2) is 9.59 Å². The van der Waals surface area contributed by atoms with Gasteiger partial charge in [0.1, 0.15) is 0 Å². The highest BCUT2D eigenvalue weighted by Gasteiger charge is 2.25. The number of carboxylic acid groups (broad SMARTS) is 1. The van der Waals surface area contributed by atoms with E-state index in [1.807, 2.05) is 31.3 Å². The number of esters is 1. The highest BCUT2D eigenvalue weighted by molar-refractivity contribution is 6.06. The minimum Gasteiger partial charge on any atom is -0.478 e. The maximum atomic E-state index is 13.0. The summed E-state index contributed by atoms with van der Waals surface area (Å²) in [4.78, 5) is 43.0. The van der Waals surface area contributed by atoms with Crippen molar-refractivity contribution >= 4 is 34.4 Å². The molecule has 1 aliphatic heterocycles. The van der Waals surface area contributed by atoms with E-state index in [9.17, 15) is 14.4 Å². The number of carbonyl (C=O) groups is 3. The van der Waals surface area contributed by atoms with E-state index in [4.69, 9.17) is 14.8 Å². The number of rotatable bonds is 5. The molecular weight excluding hydrogens is 398 g/mol. The van der Waals surface area contributed by atoms with Crippen molar-refractivity contribution in [3.05, 3.63) is 70.9 Å². The second-order valence-electron chi connectivity index (χ2n) is 7.42. The summed E-state index contributed by atoms with van der Waals surface area (Å²) in [6.45, 7) is 0.983. The fraction of sp³-hybridized carbons (Fsp3) is 0.217. The summed E-state index contributed by atoms with van der Waals surface area (Å²) in [5.74, 6) is -2.13. The summed E-state index contributed by atoms with van der Waals surface area (Å²) in [6.07, 6.45) is 0.740. The minimum absolute atomic E-state index is 0.115. The normalized spacial score (nSPS) is 13.5. The van der Waals surface area contributed by atoms with Gasteiger partial charge >= 0.3 is 11.9 Å². The highest BCUT2D eigenvalue weighted by atomic mass is 16.5. The van der Waals surface area contributed by atoms with Gasteiger partial charge in [-0.2, -0.15) is 0 Å². The Morgan fingerprint density at radius 1 is 1.13 bits per heavy atom. The van der Waals surface area contributed by atoms with E-state index in [1.165, 1.54) is 24.3 Å². The summed E-state index contributed by atoms with van der Waals surface area (Å²) in [7, 11) is 1.98. The molecule has 1 aliphatic rings. The lowest BCUT2D eigenvalue weighted by atomic mass is 9.96. The molecule has 158 valence electrons. The molecule has 4 rings (SSSR count). The third-order valence-electron chi connectivity index (χ3n) is 5.19. The van der Waals surface area contributed by atoms with E-state index in [2.05, 4.69) is 10.2 Å². The van der Waals surface area contributed by atoms with Crippen LogP contribution in [-0.2, 0) is 22.5 Å². The number of aromatic carboxylic acids is 1. The van der Waals surface area contributed by atoms with Crippen molar-refractivity contribution in [1.82, 2.24) is 9.88 Å². The SMILES string of the molecule is CN1CCc2nc3ccccc3c(C(=O)OCC(=O)Nc3ccc(C(=O)O)cc3)c2C1. The average molecular weight is 419 g/mol. The Balaban J connectivity index is 1.51. The molecular formula is C23H21N3O5. The Morgan fingerprint density at radius 2 is 1.87 bits per heavy atom. The van der Waals surface area contributed by atoms with Gasteiger partial charge in [-0.05, 0) is 37.4 Å². The molecule has 0 radical (unpaired) electrons. The van der Waals surface area contributed by atoms with E-state index in [0.29, 0.717) is 23.2 Å². The van der Waals surface area contributed by atoms with Crippen LogP contribution in [0.25, 0.3) is 10.9 Å². The van der Waals surface area contributed by atoms with Gasteiger partial charge in [-0.1, -0.05) is 18.2 Å². The number of likely N-dealkylation sites (N-methyl/N-ethyl adjacent to an activating group) is 1. The van der Waals surface area contributed by atoms with Gasteiger partial charge in [0.25, 0.3) is 5.91 Å². The predicted molar refractivity (Wildman–Crippen MR) is 114 cm³/mol. The number of amides is 1. The van der Waals surface area contributed by atoms with Crippen molar-refractivity contribution in [2.75, 3.05) is 25.5 Å². The minimum atomic E-state index is -1.05. The number of anilines is 1. The topological polar surface area (TPSA) is 109 Å². The van der Waals surface area contributed by atoms with Crippen LogP contribution in [0.4, 0.5) is 5.69 Å². The summed E-state index contributed by atoms with van der Waals surface area (Å²) in [5.41, 5.74) is 3.42. The average Bonchev–Trinajstić information content (AvgIpc) is 2.76. The van der Waals surface area contributed by atoms with E-state index < -0.39 is 24.5 Å². The molecule has 2 heterocycles. The first kappa shape index (κ1) is 20.5. The molecule has 3 aromatic rings. The van der Waals surface area contributed by atoms with Gasteiger partial charge in [0.05, 0.1) is 16.6 Å². The van der Waals surface area contributed by atoms with E-state index in [1.54, 1.807) is 0 Å². The fourth-order valence-electron chi connectivity index (χ4n) is 3.65. The van der Waals surface area contributed by atoms with Gasteiger partial charge in [-0.3, -0.25) is 9.78 Å². The largest absolute Gasteiger partial charge is 0.478 e. The number of nitrogens with one attached hydrogen (secondary N) is 1. The maximum Gasteiger partial charge on any atom is 0.339 e. The van der Waals surface area contributed by atoms with Crippen LogP contribution in [0.1, 0.15) is 32.0 Å². The number of fused-ring (bicyclic) bond motifs is 2. The van der Waals surface area contributed by atoms with E-state index in [-0.39, 0.29) is 5.56 Å². The number of carbonyl (C=O) groups excluding carboxylic acids is 2. The zero-order valence-corrected chi connectivity index (χ0v) is 16.9. The van der Waals surface area contributed by atoms with Crippen molar-refractivity contribution in [2.45, 2.75) is 13.0 Å². The van der Waals surface area contributed by atoms with Crippen LogP contribution < -0.4 is 5.32 Å². The molecule has 0 unspecified atom stereocenters. The zero-order valence-electron chi connectivity index (χ0n) is 16.9. The van der Waals surface area contributed by atoms with Crippen LogP contribution in [0.3, 0.4) is 0 Å². The smallest absolute Gasteiger partial charge is 0.339 e. The molecule has 0 fully saturated rings. The Hall–Kier alpha value is -3.78. The number of pyridine rings is 1. The molecule has 0 saturated carbocycles. The Bertz CT molecular complexity index is 1170. The van der Waals surface area contributed by atoms with Gasteiger partial charge in [0.2, 0.25) is 0 Å². The second-order valence-corrected chi connectivity index (χ2v) is 7.42. The highest BCUT2D eigenvalue weighted by Crippen LogP contribution is 2.28. The summed E-state index contributed by atoms with van der Waals surface area (Å²) >= 11 is 0. The first-order valence-electron chi connectivity index (χ1n) is 9.82. The van der Waals surface area contributed by atoms with Crippen LogP contribution in [0.5, 0.6) is 0 Å². The summed E-state index contributed by atoms with van der Waals surface area (Å²) < 4.78 is 5.34. The lowest BCUT2D eigenvalue weighted by molar-refractivity contribution is -0.119. The van der Waals surface area contributed by atoms with E-state index >= 15 is 0 Å². The lowest BCUT2D eigenvalue weighted by Crippen LogP contribution is -2.30. The zero-order chi connectivity index (χ0) is 22.0. The number of benzene rings is 2. The molecule has 0 aliphatic carbocycles. The van der Waals surface area contributed by atoms with Gasteiger partial charge in [0.15, 0.2) is 6.61 Å². The quantitative estimate of drug-likeness (QED) is 0.612. The molecule has 2 N–H and O–H groups in total. The first-order valence-corrected chi connectivity index (χ1v) is 9.82. The van der Waals surface area contributed by atoms with Gasteiger partial charge in [0, 0.05) is 41.8 Å². The van der Waals surface area contributed by atoms with Crippen LogP contribution in [-0.4, -0.2) is 53.0 Å². The molecule has 1 amide bonds.